The van der Waals surface area contributed by atoms with Crippen molar-refractivity contribution in [2.24, 2.45) is 0 Å². The third-order valence-corrected chi connectivity index (χ3v) is 4.18. The Morgan fingerprint density at radius 1 is 1.40 bits per heavy atom. The van der Waals surface area contributed by atoms with Crippen LogP contribution in [0.3, 0.4) is 0 Å². The zero-order valence-corrected chi connectivity index (χ0v) is 12.0. The van der Waals surface area contributed by atoms with Crippen molar-refractivity contribution in [1.29, 1.82) is 0 Å². The van der Waals surface area contributed by atoms with Gasteiger partial charge in [0.15, 0.2) is 0 Å². The van der Waals surface area contributed by atoms with Gasteiger partial charge in [0, 0.05) is 23.2 Å². The van der Waals surface area contributed by atoms with Crippen LogP contribution in [-0.4, -0.2) is 22.2 Å². The summed E-state index contributed by atoms with van der Waals surface area (Å²) in [6.45, 7) is 1.62. The van der Waals surface area contributed by atoms with E-state index in [9.17, 15) is 14.9 Å². The van der Waals surface area contributed by atoms with E-state index in [-0.39, 0.29) is 23.0 Å². The van der Waals surface area contributed by atoms with Gasteiger partial charge in [0.2, 0.25) is 0 Å². The van der Waals surface area contributed by atoms with Gasteiger partial charge in [-0.15, -0.1) is 11.6 Å². The number of aryl methyl sites for hydroxylation is 1. The molecule has 2 rings (SSSR count). The Labute approximate surface area is 122 Å². The summed E-state index contributed by atoms with van der Waals surface area (Å²) in [7, 11) is 0. The second-order valence-electron chi connectivity index (χ2n) is 5.14. The van der Waals surface area contributed by atoms with Crippen molar-refractivity contribution in [2.75, 3.05) is 0 Å². The molecule has 0 heterocycles. The number of rotatable bonds is 3. The molecule has 1 aromatic rings. The molecule has 0 bridgehead atoms. The minimum atomic E-state index is -0.451. The molecule has 0 aliphatic heterocycles. The van der Waals surface area contributed by atoms with Crippen LogP contribution in [0.25, 0.3) is 0 Å². The van der Waals surface area contributed by atoms with E-state index in [1.807, 2.05) is 0 Å². The SMILES string of the molecule is Cc1cc(C(=O)NC2CCCCC2Cl)ccc1[N+](=O)[O-]. The van der Waals surface area contributed by atoms with Crippen molar-refractivity contribution in [1.82, 2.24) is 5.32 Å². The molecule has 1 fully saturated rings. The molecular formula is C14H17ClN2O3. The van der Waals surface area contributed by atoms with Crippen molar-refractivity contribution < 1.29 is 9.72 Å². The first kappa shape index (κ1) is 14.8. The maximum absolute atomic E-state index is 12.2. The largest absolute Gasteiger partial charge is 0.348 e. The Bertz CT molecular complexity index is 533. The Kier molecular flexibility index (Phi) is 4.60. The average Bonchev–Trinajstić information content (AvgIpc) is 2.40. The molecule has 0 radical (unpaired) electrons. The maximum Gasteiger partial charge on any atom is 0.272 e. The van der Waals surface area contributed by atoms with Crippen LogP contribution < -0.4 is 5.32 Å². The van der Waals surface area contributed by atoms with Crippen LogP contribution in [0.15, 0.2) is 18.2 Å². The zero-order chi connectivity index (χ0) is 14.7. The highest BCUT2D eigenvalue weighted by atomic mass is 35.5. The molecule has 2 atom stereocenters. The first-order chi connectivity index (χ1) is 9.49. The number of nitrogens with one attached hydrogen (secondary N) is 1. The molecule has 6 heteroatoms. The summed E-state index contributed by atoms with van der Waals surface area (Å²) in [6.07, 6.45) is 3.95. The van der Waals surface area contributed by atoms with Crippen molar-refractivity contribution in [3.8, 4) is 0 Å². The summed E-state index contributed by atoms with van der Waals surface area (Å²) >= 11 is 6.21. The molecule has 1 aliphatic carbocycles. The molecule has 0 aromatic heterocycles. The lowest BCUT2D eigenvalue weighted by molar-refractivity contribution is -0.385. The predicted molar refractivity (Wildman–Crippen MR) is 77.2 cm³/mol. The topological polar surface area (TPSA) is 72.2 Å². The van der Waals surface area contributed by atoms with Gasteiger partial charge in [0.25, 0.3) is 11.6 Å². The maximum atomic E-state index is 12.2. The van der Waals surface area contributed by atoms with Crippen molar-refractivity contribution >= 4 is 23.2 Å². The molecule has 0 saturated heterocycles. The second kappa shape index (κ2) is 6.22. The molecular weight excluding hydrogens is 280 g/mol. The van der Waals surface area contributed by atoms with Crippen LogP contribution >= 0.6 is 11.6 Å². The molecule has 1 aromatic carbocycles. The smallest absolute Gasteiger partial charge is 0.272 e. The molecule has 2 unspecified atom stereocenters. The van der Waals surface area contributed by atoms with Crippen LogP contribution in [0.5, 0.6) is 0 Å². The number of carbonyl (C=O) groups is 1. The van der Waals surface area contributed by atoms with E-state index in [1.165, 1.54) is 12.1 Å². The van der Waals surface area contributed by atoms with Gasteiger partial charge in [0.05, 0.1) is 10.3 Å². The number of hydrogen-bond donors (Lipinski definition) is 1. The summed E-state index contributed by atoms with van der Waals surface area (Å²) in [5, 5.41) is 13.6. The normalized spacial score (nSPS) is 22.3. The summed E-state index contributed by atoms with van der Waals surface area (Å²) in [5.41, 5.74) is 0.936. The van der Waals surface area contributed by atoms with E-state index in [1.54, 1.807) is 13.0 Å². The predicted octanol–water partition coefficient (Wildman–Crippen LogP) is 3.18. The van der Waals surface area contributed by atoms with Crippen LogP contribution in [-0.2, 0) is 0 Å². The van der Waals surface area contributed by atoms with Gasteiger partial charge in [-0.25, -0.2) is 0 Å². The highest BCUT2D eigenvalue weighted by molar-refractivity contribution is 6.21. The number of benzene rings is 1. The fourth-order valence-electron chi connectivity index (χ4n) is 2.50. The third kappa shape index (κ3) is 3.28. The average molecular weight is 297 g/mol. The second-order valence-corrected chi connectivity index (χ2v) is 5.70. The summed E-state index contributed by atoms with van der Waals surface area (Å²) in [6, 6.07) is 4.36. The Hall–Kier alpha value is -1.62. The Morgan fingerprint density at radius 2 is 2.10 bits per heavy atom. The molecule has 20 heavy (non-hydrogen) atoms. The lowest BCUT2D eigenvalue weighted by atomic mass is 9.94. The molecule has 1 saturated carbocycles. The minimum absolute atomic E-state index is 0.0200. The van der Waals surface area contributed by atoms with Gasteiger partial charge in [-0.05, 0) is 31.9 Å². The molecule has 5 nitrogen and oxygen atoms in total. The number of nitrogens with zero attached hydrogens (tertiary/aromatic N) is 1. The summed E-state index contributed by atoms with van der Waals surface area (Å²) in [5.74, 6) is -0.222. The first-order valence-electron chi connectivity index (χ1n) is 6.69. The zero-order valence-electron chi connectivity index (χ0n) is 11.3. The number of halogens is 1. The van der Waals surface area contributed by atoms with Crippen LogP contribution in [0.4, 0.5) is 5.69 Å². The highest BCUT2D eigenvalue weighted by Crippen LogP contribution is 2.24. The summed E-state index contributed by atoms with van der Waals surface area (Å²) < 4.78 is 0. The van der Waals surface area contributed by atoms with Gasteiger partial charge in [-0.2, -0.15) is 0 Å². The van der Waals surface area contributed by atoms with E-state index in [0.717, 1.165) is 25.7 Å². The Balaban J connectivity index is 2.09. The van der Waals surface area contributed by atoms with E-state index in [0.29, 0.717) is 11.1 Å². The first-order valence-corrected chi connectivity index (χ1v) is 7.12. The van der Waals surface area contributed by atoms with Crippen LogP contribution in [0, 0.1) is 17.0 Å². The standard InChI is InChI=1S/C14H17ClN2O3/c1-9-8-10(6-7-13(9)17(19)20)14(18)16-12-5-3-2-4-11(12)15/h6-8,11-12H,2-5H2,1H3,(H,16,18). The monoisotopic (exact) mass is 296 g/mol. The van der Waals surface area contributed by atoms with Gasteiger partial charge in [-0.3, -0.25) is 14.9 Å². The number of nitro benzene ring substituents is 1. The van der Waals surface area contributed by atoms with Crippen LogP contribution in [0.2, 0.25) is 0 Å². The van der Waals surface area contributed by atoms with E-state index in [2.05, 4.69) is 5.32 Å². The van der Waals surface area contributed by atoms with Crippen molar-refractivity contribution in [3.63, 3.8) is 0 Å². The summed E-state index contributed by atoms with van der Waals surface area (Å²) in [4.78, 5) is 22.5. The van der Waals surface area contributed by atoms with Gasteiger partial charge < -0.3 is 5.32 Å². The highest BCUT2D eigenvalue weighted by Gasteiger charge is 2.25. The molecule has 108 valence electrons. The fourth-order valence-corrected chi connectivity index (χ4v) is 2.84. The fraction of sp³-hybridized carbons (Fsp3) is 0.500. The molecule has 1 aliphatic rings. The Morgan fingerprint density at radius 3 is 2.70 bits per heavy atom. The van der Waals surface area contributed by atoms with Crippen molar-refractivity contribution in [2.45, 2.75) is 44.0 Å². The lowest BCUT2D eigenvalue weighted by Gasteiger charge is -2.27. The minimum Gasteiger partial charge on any atom is -0.348 e. The lowest BCUT2D eigenvalue weighted by Crippen LogP contribution is -2.42. The van der Waals surface area contributed by atoms with E-state index < -0.39 is 4.92 Å². The number of carbonyl (C=O) groups excluding carboxylic acids is 1. The third-order valence-electron chi connectivity index (χ3n) is 3.65. The van der Waals surface area contributed by atoms with Crippen LogP contribution in [0.1, 0.15) is 41.6 Å². The quantitative estimate of drug-likeness (QED) is 0.529. The number of alkyl halides is 1. The number of nitro groups is 1. The van der Waals surface area contributed by atoms with E-state index in [4.69, 9.17) is 11.6 Å². The molecule has 1 N–H and O–H groups in total. The number of hydrogen-bond acceptors (Lipinski definition) is 3. The van der Waals surface area contributed by atoms with Gasteiger partial charge >= 0.3 is 0 Å². The number of amides is 1. The molecule has 0 spiro atoms. The van der Waals surface area contributed by atoms with Gasteiger partial charge in [-0.1, -0.05) is 12.8 Å². The van der Waals surface area contributed by atoms with Crippen molar-refractivity contribution in [3.05, 3.63) is 39.4 Å². The van der Waals surface area contributed by atoms with E-state index >= 15 is 0 Å². The molecule has 1 amide bonds. The van der Waals surface area contributed by atoms with Gasteiger partial charge in [0.1, 0.15) is 0 Å².